The maximum atomic E-state index is 12.6. The van der Waals surface area contributed by atoms with Crippen molar-refractivity contribution in [1.29, 1.82) is 0 Å². The Bertz CT molecular complexity index is 1400. The number of carboxylic acids is 2. The van der Waals surface area contributed by atoms with E-state index in [1.54, 1.807) is 12.1 Å². The van der Waals surface area contributed by atoms with Crippen LogP contribution in [0.4, 0.5) is 5.69 Å². The molecule has 0 aliphatic rings. The van der Waals surface area contributed by atoms with Gasteiger partial charge in [0.2, 0.25) is 11.8 Å². The number of hydrogen-bond donors (Lipinski definition) is 4. The first-order valence-corrected chi connectivity index (χ1v) is 17.2. The van der Waals surface area contributed by atoms with Gasteiger partial charge in [-0.3, -0.25) is 43.8 Å². The predicted molar refractivity (Wildman–Crippen MR) is 191 cm³/mol. The van der Waals surface area contributed by atoms with Gasteiger partial charge in [-0.05, 0) is 62.7 Å². The molecule has 1 aromatic carbocycles. The molecule has 13 heteroatoms. The SMILES string of the molecule is Cc1ccc(NC(=O)CN(CCN(CC(=O)O)CC(=O)NCCCCCCCCN(Cc2ccccn2)Cc2ccccn2)CC(=O)O)cc1. The molecule has 0 unspecified atom stereocenters. The number of amides is 2. The summed E-state index contributed by atoms with van der Waals surface area (Å²) in [4.78, 5) is 62.3. The van der Waals surface area contributed by atoms with E-state index in [2.05, 4.69) is 25.5 Å². The molecule has 2 aromatic heterocycles. The number of aryl methyl sites for hydroxylation is 1. The lowest BCUT2D eigenvalue weighted by Crippen LogP contribution is -2.45. The molecule has 0 fully saturated rings. The molecule has 0 spiro atoms. The van der Waals surface area contributed by atoms with E-state index in [9.17, 15) is 29.4 Å². The van der Waals surface area contributed by atoms with Crippen LogP contribution < -0.4 is 10.6 Å². The van der Waals surface area contributed by atoms with Crippen LogP contribution in [0.15, 0.2) is 73.1 Å². The van der Waals surface area contributed by atoms with Gasteiger partial charge in [-0.1, -0.05) is 55.5 Å². The number of unbranched alkanes of at least 4 members (excludes halogenated alkanes) is 5. The van der Waals surface area contributed by atoms with Crippen molar-refractivity contribution in [3.05, 3.63) is 90.0 Å². The lowest BCUT2D eigenvalue weighted by molar-refractivity contribution is -0.141. The molecule has 3 aromatic rings. The first-order valence-electron chi connectivity index (χ1n) is 17.2. The summed E-state index contributed by atoms with van der Waals surface area (Å²) in [5.41, 5.74) is 3.71. The molecule has 270 valence electrons. The molecule has 0 saturated carbocycles. The fraction of sp³-hybridized carbons (Fsp3) is 0.459. The normalized spacial score (nSPS) is 11.2. The van der Waals surface area contributed by atoms with Crippen molar-refractivity contribution in [3.8, 4) is 0 Å². The summed E-state index contributed by atoms with van der Waals surface area (Å²) in [7, 11) is 0. The van der Waals surface area contributed by atoms with E-state index in [0.717, 1.165) is 75.1 Å². The third kappa shape index (κ3) is 17.6. The molecule has 0 atom stereocenters. The average molecular weight is 690 g/mol. The van der Waals surface area contributed by atoms with Gasteiger partial charge in [0.1, 0.15) is 0 Å². The fourth-order valence-corrected chi connectivity index (χ4v) is 5.44. The third-order valence-electron chi connectivity index (χ3n) is 7.97. The third-order valence-corrected chi connectivity index (χ3v) is 7.97. The molecule has 0 saturated heterocycles. The van der Waals surface area contributed by atoms with Gasteiger partial charge in [0, 0.05) is 50.8 Å². The molecule has 0 bridgehead atoms. The zero-order valence-corrected chi connectivity index (χ0v) is 29.0. The van der Waals surface area contributed by atoms with E-state index in [1.807, 2.05) is 67.8 Å². The number of anilines is 1. The smallest absolute Gasteiger partial charge is 0.317 e. The van der Waals surface area contributed by atoms with Crippen molar-refractivity contribution < 1.29 is 29.4 Å². The minimum Gasteiger partial charge on any atom is -0.480 e. The van der Waals surface area contributed by atoms with Gasteiger partial charge >= 0.3 is 11.9 Å². The molecule has 0 aliphatic heterocycles. The first kappa shape index (κ1) is 39.7. The van der Waals surface area contributed by atoms with Crippen LogP contribution in [-0.4, -0.2) is 111 Å². The molecule has 4 N–H and O–H groups in total. The summed E-state index contributed by atoms with van der Waals surface area (Å²) in [6, 6.07) is 19.2. The minimum atomic E-state index is -1.11. The highest BCUT2D eigenvalue weighted by atomic mass is 16.4. The second kappa shape index (κ2) is 22.8. The standard InChI is InChI=1S/C37H51N7O6/c1-30-14-16-31(17-15-30)41-35(46)27-44(29-37(49)50)23-22-43(28-36(47)48)26-34(45)40-20-8-4-2-3-5-11-21-42(24-32-12-6-9-18-38-32)25-33-13-7-10-19-39-33/h6-7,9-10,12-19H,2-5,8,11,20-29H2,1H3,(H,40,45)(H,41,46)(H,47,48)(H,49,50). The average Bonchev–Trinajstić information content (AvgIpc) is 3.07. The van der Waals surface area contributed by atoms with E-state index < -0.39 is 18.5 Å². The van der Waals surface area contributed by atoms with Crippen molar-refractivity contribution in [1.82, 2.24) is 30.0 Å². The van der Waals surface area contributed by atoms with E-state index in [4.69, 9.17) is 0 Å². The van der Waals surface area contributed by atoms with Gasteiger partial charge in [-0.25, -0.2) is 0 Å². The lowest BCUT2D eigenvalue weighted by Gasteiger charge is -2.25. The highest BCUT2D eigenvalue weighted by Gasteiger charge is 2.19. The molecule has 2 heterocycles. The minimum absolute atomic E-state index is 0.0955. The summed E-state index contributed by atoms with van der Waals surface area (Å²) < 4.78 is 0. The number of nitrogens with one attached hydrogen (secondary N) is 2. The van der Waals surface area contributed by atoms with E-state index >= 15 is 0 Å². The van der Waals surface area contributed by atoms with E-state index in [-0.39, 0.29) is 44.5 Å². The molecule has 50 heavy (non-hydrogen) atoms. The van der Waals surface area contributed by atoms with Crippen LogP contribution in [0.25, 0.3) is 0 Å². The summed E-state index contributed by atoms with van der Waals surface area (Å²) in [6.07, 6.45) is 9.74. The van der Waals surface area contributed by atoms with Crippen LogP contribution in [0.5, 0.6) is 0 Å². The summed E-state index contributed by atoms with van der Waals surface area (Å²) >= 11 is 0. The Kier molecular flexibility index (Phi) is 18.1. The highest BCUT2D eigenvalue weighted by Crippen LogP contribution is 2.12. The van der Waals surface area contributed by atoms with Gasteiger partial charge in [0.15, 0.2) is 0 Å². The molecule has 3 rings (SSSR count). The maximum Gasteiger partial charge on any atom is 0.317 e. The Labute approximate surface area is 294 Å². The van der Waals surface area contributed by atoms with Gasteiger partial charge in [0.05, 0.1) is 37.6 Å². The second-order valence-corrected chi connectivity index (χ2v) is 12.4. The lowest BCUT2D eigenvalue weighted by atomic mass is 10.1. The molecule has 0 aliphatic carbocycles. The van der Waals surface area contributed by atoms with Gasteiger partial charge in [-0.15, -0.1) is 0 Å². The van der Waals surface area contributed by atoms with E-state index in [1.165, 1.54) is 9.80 Å². The molecule has 2 amide bonds. The zero-order valence-electron chi connectivity index (χ0n) is 29.0. The number of benzene rings is 1. The fourth-order valence-electron chi connectivity index (χ4n) is 5.44. The van der Waals surface area contributed by atoms with Crippen molar-refractivity contribution in [2.75, 3.05) is 57.7 Å². The quantitative estimate of drug-likeness (QED) is 0.0959. The summed E-state index contributed by atoms with van der Waals surface area (Å²) in [5, 5.41) is 24.3. The van der Waals surface area contributed by atoms with Crippen LogP contribution in [0.3, 0.4) is 0 Å². The number of rotatable bonds is 25. The predicted octanol–water partition coefficient (Wildman–Crippen LogP) is 3.66. The number of aliphatic carboxylic acids is 2. The number of carbonyl (C=O) groups excluding carboxylic acids is 2. The van der Waals surface area contributed by atoms with Crippen molar-refractivity contribution in [3.63, 3.8) is 0 Å². The van der Waals surface area contributed by atoms with Gasteiger partial charge < -0.3 is 20.8 Å². The Morgan fingerprint density at radius 2 is 1.12 bits per heavy atom. The number of carboxylic acid groups (broad SMARTS) is 2. The molecular formula is C37H51N7O6. The van der Waals surface area contributed by atoms with Crippen LogP contribution >= 0.6 is 0 Å². The maximum absolute atomic E-state index is 12.6. The molecule has 0 radical (unpaired) electrons. The number of pyridine rings is 2. The highest BCUT2D eigenvalue weighted by molar-refractivity contribution is 5.92. The summed E-state index contributed by atoms with van der Waals surface area (Å²) in [6.45, 7) is 3.99. The number of aromatic nitrogens is 2. The Balaban J connectivity index is 1.32. The number of carbonyl (C=O) groups is 4. The number of nitrogens with zero attached hydrogens (tertiary/aromatic N) is 5. The second-order valence-electron chi connectivity index (χ2n) is 12.4. The van der Waals surface area contributed by atoms with Crippen LogP contribution in [0.1, 0.15) is 55.5 Å². The van der Waals surface area contributed by atoms with Crippen LogP contribution in [-0.2, 0) is 32.3 Å². The Morgan fingerprint density at radius 1 is 0.600 bits per heavy atom. The Morgan fingerprint density at radius 3 is 1.64 bits per heavy atom. The van der Waals surface area contributed by atoms with Crippen molar-refractivity contribution >= 4 is 29.4 Å². The van der Waals surface area contributed by atoms with Crippen LogP contribution in [0, 0.1) is 6.92 Å². The van der Waals surface area contributed by atoms with E-state index in [0.29, 0.717) is 12.2 Å². The molecular weight excluding hydrogens is 638 g/mol. The van der Waals surface area contributed by atoms with Gasteiger partial charge in [0.25, 0.3) is 0 Å². The van der Waals surface area contributed by atoms with Crippen LogP contribution in [0.2, 0.25) is 0 Å². The monoisotopic (exact) mass is 689 g/mol. The Hall–Kier alpha value is -4.72. The first-order chi connectivity index (χ1) is 24.2. The van der Waals surface area contributed by atoms with Gasteiger partial charge in [-0.2, -0.15) is 0 Å². The summed E-state index contributed by atoms with van der Waals surface area (Å²) in [5.74, 6) is -2.90. The number of hydrogen-bond acceptors (Lipinski definition) is 9. The zero-order chi connectivity index (χ0) is 36.0. The molecule has 13 nitrogen and oxygen atoms in total. The topological polar surface area (TPSA) is 168 Å². The van der Waals surface area contributed by atoms with Crippen molar-refractivity contribution in [2.45, 2.75) is 58.5 Å². The van der Waals surface area contributed by atoms with Crippen molar-refractivity contribution in [2.24, 2.45) is 0 Å². The largest absolute Gasteiger partial charge is 0.480 e.